The Kier molecular flexibility index (Phi) is 7.84. The van der Waals surface area contributed by atoms with E-state index < -0.39 is 93.2 Å². The van der Waals surface area contributed by atoms with E-state index in [0.717, 1.165) is 6.20 Å². The molecule has 1 saturated heterocycles. The van der Waals surface area contributed by atoms with Crippen LogP contribution in [0.5, 0.6) is 0 Å². The van der Waals surface area contributed by atoms with E-state index in [9.17, 15) is 46.3 Å². The molecule has 0 atom stereocenters. The maximum atomic E-state index is 13.5. The third kappa shape index (κ3) is 5.00. The summed E-state index contributed by atoms with van der Waals surface area (Å²) in [5.41, 5.74) is -2.82. The van der Waals surface area contributed by atoms with Crippen molar-refractivity contribution in [3.05, 3.63) is 104 Å². The number of carboxylic acid groups (broad SMARTS) is 1. The van der Waals surface area contributed by atoms with Crippen LogP contribution in [-0.2, 0) is 4.74 Å². The molecule has 3 aliphatic rings. The fourth-order valence-electron chi connectivity index (χ4n) is 5.37. The minimum absolute atomic E-state index is 0.0115. The lowest BCUT2D eigenvalue weighted by Crippen LogP contribution is -2.41. The number of morpholine rings is 1. The van der Waals surface area contributed by atoms with Gasteiger partial charge in [0.05, 0.1) is 41.0 Å². The number of aromatic nitrogens is 2. The van der Waals surface area contributed by atoms with Crippen molar-refractivity contribution in [1.82, 2.24) is 14.9 Å². The van der Waals surface area contributed by atoms with Crippen molar-refractivity contribution in [2.45, 2.75) is 12.9 Å². The number of amides is 1. The van der Waals surface area contributed by atoms with Crippen LogP contribution < -0.4 is 0 Å². The first kappa shape index (κ1) is 31.2. The zero-order valence-electron chi connectivity index (χ0n) is 23.4. The fraction of sp³-hybridized carbons (Fsp3) is 0.200. The van der Waals surface area contributed by atoms with E-state index in [4.69, 9.17) is 14.3 Å². The smallest absolute Gasteiger partial charge is 0.340 e. The lowest BCUT2D eigenvalue weighted by atomic mass is 9.87. The number of fused-ring (bicyclic) bond motifs is 4. The van der Waals surface area contributed by atoms with Crippen LogP contribution >= 0.6 is 0 Å². The average Bonchev–Trinajstić information content (AvgIpc) is 3.68. The Balaban J connectivity index is 0.000000168. The lowest BCUT2D eigenvalue weighted by Gasteiger charge is -2.27. The molecule has 4 aromatic rings. The molecule has 13 nitrogen and oxygen atoms in total. The molecule has 7 rings (SSSR count). The molecule has 1 N–H and O–H groups in total. The highest BCUT2D eigenvalue weighted by atomic mass is 19.3. The summed E-state index contributed by atoms with van der Waals surface area (Å²) in [6.07, 6.45) is -1.59. The van der Waals surface area contributed by atoms with Crippen LogP contribution in [-0.4, -0.2) is 81.3 Å². The van der Waals surface area contributed by atoms with E-state index in [1.165, 1.54) is 35.6 Å². The fourth-order valence-corrected chi connectivity index (χ4v) is 5.37. The highest BCUT2D eigenvalue weighted by molar-refractivity contribution is 6.31. The Hall–Kier alpha value is -5.84. The van der Waals surface area contributed by atoms with E-state index in [-0.39, 0.29) is 48.6 Å². The van der Waals surface area contributed by atoms with Crippen molar-refractivity contribution in [3.63, 3.8) is 0 Å². The number of furan rings is 2. The third-order valence-electron chi connectivity index (χ3n) is 7.48. The molecule has 0 aromatic carbocycles. The van der Waals surface area contributed by atoms with Crippen LogP contribution in [0.25, 0.3) is 0 Å². The topological polar surface area (TPSA) is 187 Å². The number of carboxylic acids is 1. The lowest BCUT2D eigenvalue weighted by molar-refractivity contribution is 0.0293. The van der Waals surface area contributed by atoms with Gasteiger partial charge in [-0.3, -0.25) is 33.9 Å². The van der Waals surface area contributed by atoms with Gasteiger partial charge in [-0.25, -0.2) is 22.4 Å². The number of pyridine rings is 2. The molecule has 0 unspecified atom stereocenters. The number of rotatable bonds is 4. The predicted molar refractivity (Wildman–Crippen MR) is 143 cm³/mol. The molecule has 47 heavy (non-hydrogen) atoms. The summed E-state index contributed by atoms with van der Waals surface area (Å²) in [6.45, 7) is 0.911. The Bertz CT molecular complexity index is 2030. The first-order valence-corrected chi connectivity index (χ1v) is 13.5. The van der Waals surface area contributed by atoms with Gasteiger partial charge in [0.25, 0.3) is 18.8 Å². The van der Waals surface area contributed by atoms with Gasteiger partial charge in [-0.2, -0.15) is 0 Å². The monoisotopic (exact) mass is 655 g/mol. The summed E-state index contributed by atoms with van der Waals surface area (Å²) >= 11 is 0. The Morgan fingerprint density at radius 3 is 1.60 bits per heavy atom. The van der Waals surface area contributed by atoms with E-state index in [0.29, 0.717) is 0 Å². The van der Waals surface area contributed by atoms with Gasteiger partial charge in [0, 0.05) is 49.0 Å². The van der Waals surface area contributed by atoms with Crippen LogP contribution in [0.1, 0.15) is 109 Å². The van der Waals surface area contributed by atoms with Gasteiger partial charge >= 0.3 is 5.97 Å². The molecule has 0 bridgehead atoms. The van der Waals surface area contributed by atoms with Crippen molar-refractivity contribution in [2.75, 3.05) is 26.3 Å². The predicted octanol–water partition coefficient (Wildman–Crippen LogP) is 3.95. The van der Waals surface area contributed by atoms with Crippen molar-refractivity contribution >= 4 is 35.0 Å². The molecule has 4 aromatic heterocycles. The molecule has 5 heterocycles. The van der Waals surface area contributed by atoms with Crippen molar-refractivity contribution in [3.8, 4) is 0 Å². The second kappa shape index (κ2) is 11.8. The van der Waals surface area contributed by atoms with E-state index in [2.05, 4.69) is 14.4 Å². The van der Waals surface area contributed by atoms with Gasteiger partial charge in [-0.1, -0.05) is 0 Å². The Morgan fingerprint density at radius 1 is 0.702 bits per heavy atom. The number of halogens is 4. The second-order valence-electron chi connectivity index (χ2n) is 10.1. The number of ether oxygens (including phenoxy) is 1. The summed E-state index contributed by atoms with van der Waals surface area (Å²) < 4.78 is 67.6. The molecule has 0 saturated carbocycles. The zero-order chi connectivity index (χ0) is 33.7. The van der Waals surface area contributed by atoms with Gasteiger partial charge in [0.2, 0.25) is 11.6 Å². The van der Waals surface area contributed by atoms with Gasteiger partial charge in [0.1, 0.15) is 5.56 Å². The highest BCUT2D eigenvalue weighted by Crippen LogP contribution is 2.39. The Labute approximate surface area is 258 Å². The number of aromatic carboxylic acids is 1. The minimum Gasteiger partial charge on any atom is -0.478 e. The Morgan fingerprint density at radius 2 is 1.15 bits per heavy atom. The van der Waals surface area contributed by atoms with Crippen LogP contribution in [0.2, 0.25) is 0 Å². The summed E-state index contributed by atoms with van der Waals surface area (Å²) in [6, 6.07) is 2.55. The number of carbonyl (C=O) groups excluding carboxylic acids is 5. The van der Waals surface area contributed by atoms with E-state index >= 15 is 0 Å². The molecule has 0 spiro atoms. The number of nitrogens with zero attached hydrogens (tertiary/aromatic N) is 3. The summed E-state index contributed by atoms with van der Waals surface area (Å²) in [5, 5.41) is 9.04. The van der Waals surface area contributed by atoms with E-state index in [1.807, 2.05) is 0 Å². The van der Waals surface area contributed by atoms with Crippen molar-refractivity contribution in [2.24, 2.45) is 0 Å². The summed E-state index contributed by atoms with van der Waals surface area (Å²) in [5.74, 6) is -9.05. The second-order valence-corrected chi connectivity index (χ2v) is 10.1. The first-order chi connectivity index (χ1) is 22.4. The molecule has 1 fully saturated rings. The molecule has 1 amide bonds. The number of hydrogen-bond donors (Lipinski definition) is 1. The maximum Gasteiger partial charge on any atom is 0.340 e. The molecular formula is C30H17F4N3O10. The largest absolute Gasteiger partial charge is 0.478 e. The average molecular weight is 655 g/mol. The van der Waals surface area contributed by atoms with Gasteiger partial charge < -0.3 is 23.6 Å². The van der Waals surface area contributed by atoms with Crippen LogP contribution in [0.4, 0.5) is 17.6 Å². The summed E-state index contributed by atoms with van der Waals surface area (Å²) in [4.78, 5) is 82.5. The van der Waals surface area contributed by atoms with Crippen LogP contribution in [0.3, 0.4) is 0 Å². The first-order valence-electron chi connectivity index (χ1n) is 13.5. The number of alkyl halides is 4. The van der Waals surface area contributed by atoms with Gasteiger partial charge in [0.15, 0.2) is 34.6 Å². The quantitative estimate of drug-likeness (QED) is 0.270. The summed E-state index contributed by atoms with van der Waals surface area (Å²) in [7, 11) is 0. The standard InChI is InChI=1S/C17H12F2N2O5.C13H5F2NO5/c18-16(19)15-11(17(24)21-3-5-25-6-4-21)10-12(22)9-7-20-2-1-8(9)13(23)14(10)26-15;14-12(15)11-7(13(19)20)6-8(17)5-3-16-2-1-4(5)9(18)10(6)21-11/h1-2,7,16H,3-6H2;1-3,12H,(H,19,20). The number of hydrogen-bond acceptors (Lipinski definition) is 11. The van der Waals surface area contributed by atoms with Crippen molar-refractivity contribution < 1.29 is 65.0 Å². The molecule has 17 heteroatoms. The normalized spacial score (nSPS) is 15.1. The molecule has 0 radical (unpaired) electrons. The maximum absolute atomic E-state index is 13.5. The van der Waals surface area contributed by atoms with Crippen molar-refractivity contribution in [1.29, 1.82) is 0 Å². The highest BCUT2D eigenvalue weighted by Gasteiger charge is 2.43. The van der Waals surface area contributed by atoms with E-state index in [1.54, 1.807) is 0 Å². The van der Waals surface area contributed by atoms with Gasteiger partial charge in [-0.05, 0) is 12.1 Å². The minimum atomic E-state index is -3.26. The SMILES string of the molecule is O=C1c2ccncc2C(=O)c2c1oc(C(F)F)c2C(=O)N1CCOCC1.O=C1c2ccncc2C(=O)c2c1oc(C(F)F)c2C(=O)O. The van der Waals surface area contributed by atoms with Crippen LogP contribution in [0, 0.1) is 0 Å². The molecule has 240 valence electrons. The van der Waals surface area contributed by atoms with Crippen LogP contribution in [0.15, 0.2) is 45.8 Å². The number of ketones is 4. The van der Waals surface area contributed by atoms with Gasteiger partial charge in [-0.15, -0.1) is 0 Å². The number of carbonyl (C=O) groups is 6. The molecular weight excluding hydrogens is 638 g/mol. The molecule has 1 aliphatic heterocycles. The zero-order valence-corrected chi connectivity index (χ0v) is 23.4. The third-order valence-corrected chi connectivity index (χ3v) is 7.48. The molecule has 2 aliphatic carbocycles.